The summed E-state index contributed by atoms with van der Waals surface area (Å²) < 4.78 is 0. The molecule has 8 heteroatoms. The zero-order valence-corrected chi connectivity index (χ0v) is 16.9. The summed E-state index contributed by atoms with van der Waals surface area (Å²) in [6.45, 7) is 0.155. The van der Waals surface area contributed by atoms with E-state index in [1.807, 2.05) is 60.7 Å². The monoisotopic (exact) mass is 429 g/mol. The number of carbonyl (C=O) groups excluding carboxylic acids is 2. The molecule has 3 atom stereocenters. The Balaban J connectivity index is 1.55. The molecule has 3 aromatic rings. The number of hydroxylamine groups is 1. The molecular weight excluding hydrogens is 410 g/mol. The van der Waals surface area contributed by atoms with Crippen molar-refractivity contribution in [2.75, 3.05) is 5.06 Å². The first-order valence-electron chi connectivity index (χ1n) is 10.2. The number of fused-ring (bicyclic) bond motifs is 1. The molecule has 32 heavy (non-hydrogen) atoms. The average Bonchev–Trinajstić information content (AvgIpc) is 3.32. The normalized spacial score (nSPS) is 22.3. The molecule has 2 aliphatic rings. The van der Waals surface area contributed by atoms with Crippen LogP contribution in [0.5, 0.6) is 0 Å². The van der Waals surface area contributed by atoms with Gasteiger partial charge < -0.3 is 0 Å². The number of benzene rings is 3. The molecule has 0 unspecified atom stereocenters. The Morgan fingerprint density at radius 2 is 1.56 bits per heavy atom. The van der Waals surface area contributed by atoms with Gasteiger partial charge in [-0.1, -0.05) is 60.7 Å². The Kier molecular flexibility index (Phi) is 4.91. The Morgan fingerprint density at radius 1 is 0.875 bits per heavy atom. The highest BCUT2D eigenvalue weighted by Gasteiger charge is 2.59. The minimum atomic E-state index is -0.990. The fourth-order valence-electron chi connectivity index (χ4n) is 4.35. The van der Waals surface area contributed by atoms with Crippen LogP contribution in [0.4, 0.5) is 11.4 Å². The zero-order chi connectivity index (χ0) is 22.2. The number of imide groups is 1. The first-order valence-corrected chi connectivity index (χ1v) is 10.2. The minimum absolute atomic E-state index is 0.0862. The van der Waals surface area contributed by atoms with Gasteiger partial charge in [-0.2, -0.15) is 0 Å². The molecule has 2 heterocycles. The molecule has 0 saturated carbocycles. The van der Waals surface area contributed by atoms with E-state index in [0.29, 0.717) is 11.3 Å². The lowest BCUT2D eigenvalue weighted by Gasteiger charge is -2.28. The van der Waals surface area contributed by atoms with Gasteiger partial charge in [0, 0.05) is 12.1 Å². The van der Waals surface area contributed by atoms with Gasteiger partial charge in [0.05, 0.1) is 23.2 Å². The molecule has 0 radical (unpaired) electrons. The van der Waals surface area contributed by atoms with Crippen molar-refractivity contribution in [3.63, 3.8) is 0 Å². The standard InChI is InChI=1S/C24H19N3O5/c28-23-20-21(17-10-7-13-19(14-17)27(30)31)26(18-11-5-2-6-12-18)32-22(20)24(29)25(23)15-16-8-3-1-4-9-16/h1-14,20-22H,15H2/t20-,21+,22+/m0/s1. The van der Waals surface area contributed by atoms with E-state index in [-0.39, 0.29) is 18.1 Å². The summed E-state index contributed by atoms with van der Waals surface area (Å²) in [6, 6.07) is 23.8. The van der Waals surface area contributed by atoms with Crippen LogP contribution in [0.1, 0.15) is 17.2 Å². The molecule has 2 saturated heterocycles. The predicted molar refractivity (Wildman–Crippen MR) is 115 cm³/mol. The smallest absolute Gasteiger partial charge is 0.269 e. The van der Waals surface area contributed by atoms with Crippen molar-refractivity contribution >= 4 is 23.2 Å². The molecule has 0 bridgehead atoms. The summed E-state index contributed by atoms with van der Waals surface area (Å²) in [4.78, 5) is 44.8. The number of likely N-dealkylation sites (tertiary alicyclic amines) is 1. The van der Waals surface area contributed by atoms with Crippen molar-refractivity contribution in [1.82, 2.24) is 4.90 Å². The molecule has 0 N–H and O–H groups in total. The van der Waals surface area contributed by atoms with Gasteiger partial charge >= 0.3 is 0 Å². The number of para-hydroxylation sites is 1. The van der Waals surface area contributed by atoms with Crippen LogP contribution in [-0.4, -0.2) is 27.7 Å². The Labute approximate surface area is 183 Å². The fraction of sp³-hybridized carbons (Fsp3) is 0.167. The van der Waals surface area contributed by atoms with E-state index in [1.54, 1.807) is 12.1 Å². The summed E-state index contributed by atoms with van der Waals surface area (Å²) in [7, 11) is 0. The van der Waals surface area contributed by atoms with Gasteiger partial charge in [0.25, 0.3) is 11.6 Å². The number of anilines is 1. The van der Waals surface area contributed by atoms with Crippen LogP contribution < -0.4 is 5.06 Å². The van der Waals surface area contributed by atoms with Crippen LogP contribution in [0.3, 0.4) is 0 Å². The molecule has 5 rings (SSSR count). The SMILES string of the molecule is O=C1[C@H]2[C@@H](c3cccc([N+](=O)[O-])c3)N(c3ccccc3)O[C@H]2C(=O)N1Cc1ccccc1. The molecule has 8 nitrogen and oxygen atoms in total. The third kappa shape index (κ3) is 3.30. The van der Waals surface area contributed by atoms with Crippen molar-refractivity contribution < 1.29 is 19.3 Å². The summed E-state index contributed by atoms with van der Waals surface area (Å²) in [5.41, 5.74) is 1.95. The van der Waals surface area contributed by atoms with E-state index < -0.39 is 28.9 Å². The molecule has 0 aromatic heterocycles. The lowest BCUT2D eigenvalue weighted by atomic mass is 9.90. The summed E-state index contributed by atoms with van der Waals surface area (Å²) in [5.74, 6) is -1.56. The second-order valence-corrected chi connectivity index (χ2v) is 7.76. The van der Waals surface area contributed by atoms with Crippen molar-refractivity contribution in [2.45, 2.75) is 18.7 Å². The van der Waals surface area contributed by atoms with E-state index in [9.17, 15) is 19.7 Å². The zero-order valence-electron chi connectivity index (χ0n) is 16.9. The lowest BCUT2D eigenvalue weighted by molar-refractivity contribution is -0.384. The lowest BCUT2D eigenvalue weighted by Crippen LogP contribution is -2.36. The molecule has 2 amide bonds. The van der Waals surface area contributed by atoms with Gasteiger partial charge in [0.1, 0.15) is 5.92 Å². The molecule has 160 valence electrons. The van der Waals surface area contributed by atoms with E-state index in [4.69, 9.17) is 4.84 Å². The number of non-ortho nitro benzene ring substituents is 1. The van der Waals surface area contributed by atoms with E-state index in [1.165, 1.54) is 22.1 Å². The first-order chi connectivity index (χ1) is 15.5. The van der Waals surface area contributed by atoms with E-state index >= 15 is 0 Å². The molecule has 0 aliphatic carbocycles. The second-order valence-electron chi connectivity index (χ2n) is 7.76. The largest absolute Gasteiger partial charge is 0.275 e. The van der Waals surface area contributed by atoms with Gasteiger partial charge in [-0.25, -0.2) is 5.06 Å². The molecule has 0 spiro atoms. The van der Waals surface area contributed by atoms with Crippen molar-refractivity contribution in [3.05, 3.63) is 106 Å². The Hall–Kier alpha value is -4.04. The van der Waals surface area contributed by atoms with Gasteiger partial charge in [-0.3, -0.25) is 29.4 Å². The van der Waals surface area contributed by atoms with Crippen LogP contribution in [0, 0.1) is 16.0 Å². The predicted octanol–water partition coefficient (Wildman–Crippen LogP) is 3.64. The van der Waals surface area contributed by atoms with Gasteiger partial charge in [0.2, 0.25) is 5.91 Å². The van der Waals surface area contributed by atoms with Gasteiger partial charge in [0.15, 0.2) is 6.10 Å². The Bertz CT molecular complexity index is 1180. The van der Waals surface area contributed by atoms with Gasteiger partial charge in [-0.15, -0.1) is 0 Å². The summed E-state index contributed by atoms with van der Waals surface area (Å²) >= 11 is 0. The number of nitro benzene ring substituents is 1. The minimum Gasteiger partial charge on any atom is -0.275 e. The summed E-state index contributed by atoms with van der Waals surface area (Å²) in [6.07, 6.45) is -0.990. The maximum atomic E-state index is 13.4. The van der Waals surface area contributed by atoms with Crippen LogP contribution >= 0.6 is 0 Å². The number of hydrogen-bond donors (Lipinski definition) is 0. The van der Waals surface area contributed by atoms with Crippen LogP contribution in [0.25, 0.3) is 0 Å². The number of amides is 2. The quantitative estimate of drug-likeness (QED) is 0.349. The Morgan fingerprint density at radius 3 is 2.25 bits per heavy atom. The van der Waals surface area contributed by atoms with Crippen LogP contribution in [0.2, 0.25) is 0 Å². The average molecular weight is 429 g/mol. The maximum absolute atomic E-state index is 13.4. The van der Waals surface area contributed by atoms with E-state index in [0.717, 1.165) is 5.56 Å². The highest BCUT2D eigenvalue weighted by molar-refractivity contribution is 6.07. The fourth-order valence-corrected chi connectivity index (χ4v) is 4.35. The van der Waals surface area contributed by atoms with Crippen molar-refractivity contribution in [1.29, 1.82) is 0 Å². The van der Waals surface area contributed by atoms with Gasteiger partial charge in [-0.05, 0) is 23.3 Å². The molecule has 2 fully saturated rings. The highest BCUT2D eigenvalue weighted by Crippen LogP contribution is 2.47. The van der Waals surface area contributed by atoms with Crippen LogP contribution in [0.15, 0.2) is 84.9 Å². The number of hydrogen-bond acceptors (Lipinski definition) is 6. The van der Waals surface area contributed by atoms with E-state index in [2.05, 4.69) is 0 Å². The second kappa shape index (κ2) is 7.90. The number of carbonyl (C=O) groups is 2. The number of nitrogens with zero attached hydrogens (tertiary/aromatic N) is 3. The third-order valence-electron chi connectivity index (χ3n) is 5.82. The summed E-state index contributed by atoms with van der Waals surface area (Å²) in [5, 5.41) is 12.9. The van der Waals surface area contributed by atoms with Crippen molar-refractivity contribution in [2.24, 2.45) is 5.92 Å². The molecular formula is C24H19N3O5. The highest BCUT2D eigenvalue weighted by atomic mass is 16.7. The maximum Gasteiger partial charge on any atom is 0.269 e. The van der Waals surface area contributed by atoms with Crippen LogP contribution in [-0.2, 0) is 21.0 Å². The van der Waals surface area contributed by atoms with Crippen molar-refractivity contribution in [3.8, 4) is 0 Å². The first kappa shape index (κ1) is 19.9. The topological polar surface area (TPSA) is 93.0 Å². The number of nitro groups is 1. The number of rotatable bonds is 5. The third-order valence-corrected chi connectivity index (χ3v) is 5.82. The molecule has 3 aromatic carbocycles. The molecule has 2 aliphatic heterocycles.